The van der Waals surface area contributed by atoms with Crippen LogP contribution in [0.5, 0.6) is 5.75 Å². The largest absolute Gasteiger partial charge is 0.759 e. The van der Waals surface area contributed by atoms with Crippen LogP contribution in [-0.4, -0.2) is 17.5 Å². The lowest BCUT2D eigenvalue weighted by atomic mass is 10.1. The van der Waals surface area contributed by atoms with Gasteiger partial charge in [-0.3, -0.25) is 8.42 Å². The van der Waals surface area contributed by atoms with E-state index in [2.05, 4.69) is 19.1 Å². The zero-order chi connectivity index (χ0) is 15.0. The van der Waals surface area contributed by atoms with Crippen LogP contribution in [0.3, 0.4) is 0 Å². The molecule has 8 heteroatoms. The standard InChI is InChI=1S/C14H14O.2H3N.H2O4S/c1-12(13-8-4-2-5-9-13)15-14-10-6-3-7-11-14;;;1-5(2,3)4/h2-12H,1H3;2*1H3;(H2,1,2,3,4). The van der Waals surface area contributed by atoms with Crippen LogP contribution in [0.4, 0.5) is 0 Å². The molecule has 0 fully saturated rings. The van der Waals surface area contributed by atoms with E-state index in [-0.39, 0.29) is 18.4 Å². The van der Waals surface area contributed by atoms with Gasteiger partial charge in [0.2, 0.25) is 0 Å². The van der Waals surface area contributed by atoms with Gasteiger partial charge in [-0.05, 0) is 24.6 Å². The minimum atomic E-state index is -5.17. The first-order valence-corrected chi connectivity index (χ1v) is 7.13. The van der Waals surface area contributed by atoms with Crippen LogP contribution in [0.25, 0.3) is 0 Å². The highest BCUT2D eigenvalue weighted by molar-refractivity contribution is 7.79. The minimum absolute atomic E-state index is 0. The summed E-state index contributed by atoms with van der Waals surface area (Å²) >= 11 is 0. The molecule has 0 spiro atoms. The Hall–Kier alpha value is -1.97. The SMILES string of the molecule is CC(Oc1ccccc1)c1ccccc1.O=S(=O)([O-])[O-].[NH4+].[NH4+]. The van der Waals surface area contributed by atoms with Gasteiger partial charge in [0.25, 0.3) is 0 Å². The summed E-state index contributed by atoms with van der Waals surface area (Å²) in [5.41, 5.74) is 1.20. The van der Waals surface area contributed by atoms with Gasteiger partial charge in [-0.15, -0.1) is 0 Å². The van der Waals surface area contributed by atoms with Gasteiger partial charge in [0.1, 0.15) is 11.9 Å². The molecule has 0 aliphatic carbocycles. The van der Waals surface area contributed by atoms with E-state index in [0.717, 1.165) is 5.75 Å². The maximum atomic E-state index is 8.52. The molecule has 8 N–H and O–H groups in total. The Labute approximate surface area is 130 Å². The smallest absolute Gasteiger partial charge is 0.121 e. The van der Waals surface area contributed by atoms with Crippen LogP contribution in [0.1, 0.15) is 18.6 Å². The van der Waals surface area contributed by atoms with Gasteiger partial charge >= 0.3 is 0 Å². The average Bonchev–Trinajstić information content (AvgIpc) is 2.39. The molecule has 0 saturated heterocycles. The van der Waals surface area contributed by atoms with Gasteiger partial charge in [-0.2, -0.15) is 0 Å². The van der Waals surface area contributed by atoms with Gasteiger partial charge in [0, 0.05) is 10.4 Å². The fourth-order valence-electron chi connectivity index (χ4n) is 1.50. The van der Waals surface area contributed by atoms with E-state index in [1.807, 2.05) is 48.5 Å². The third-order valence-electron chi connectivity index (χ3n) is 2.33. The summed E-state index contributed by atoms with van der Waals surface area (Å²) in [6.45, 7) is 2.06. The summed E-state index contributed by atoms with van der Waals surface area (Å²) < 4.78 is 39.9. The van der Waals surface area contributed by atoms with E-state index in [1.54, 1.807) is 0 Å². The maximum absolute atomic E-state index is 8.52. The predicted molar refractivity (Wildman–Crippen MR) is 84.4 cm³/mol. The molecular formula is C14H22N2O5S. The summed E-state index contributed by atoms with van der Waals surface area (Å²) in [6, 6.07) is 20.1. The first-order valence-electron chi connectivity index (χ1n) is 5.79. The van der Waals surface area contributed by atoms with Gasteiger partial charge in [-0.25, -0.2) is 0 Å². The highest BCUT2D eigenvalue weighted by Gasteiger charge is 2.05. The van der Waals surface area contributed by atoms with E-state index >= 15 is 0 Å². The average molecular weight is 330 g/mol. The van der Waals surface area contributed by atoms with Crippen molar-refractivity contribution in [1.82, 2.24) is 12.3 Å². The van der Waals surface area contributed by atoms with Crippen molar-refractivity contribution < 1.29 is 22.3 Å². The lowest BCUT2D eigenvalue weighted by Crippen LogP contribution is -2.02. The Balaban J connectivity index is 0. The second-order valence-electron chi connectivity index (χ2n) is 3.89. The summed E-state index contributed by atoms with van der Waals surface area (Å²) in [5, 5.41) is 0. The zero-order valence-corrected chi connectivity index (χ0v) is 13.6. The highest BCUT2D eigenvalue weighted by Crippen LogP contribution is 2.20. The molecular weight excluding hydrogens is 308 g/mol. The van der Waals surface area contributed by atoms with E-state index in [1.165, 1.54) is 5.56 Å². The second-order valence-corrected chi connectivity index (χ2v) is 4.71. The topological polar surface area (TPSA) is 162 Å². The minimum Gasteiger partial charge on any atom is -0.759 e. The number of benzene rings is 2. The van der Waals surface area contributed by atoms with Gasteiger partial charge < -0.3 is 26.1 Å². The van der Waals surface area contributed by atoms with Crippen LogP contribution >= 0.6 is 0 Å². The predicted octanol–water partition coefficient (Wildman–Crippen LogP) is 3.24. The number of para-hydroxylation sites is 1. The molecule has 2 rings (SSSR count). The van der Waals surface area contributed by atoms with E-state index in [9.17, 15) is 0 Å². The van der Waals surface area contributed by atoms with Crippen molar-refractivity contribution in [1.29, 1.82) is 0 Å². The van der Waals surface area contributed by atoms with Gasteiger partial charge in [-0.1, -0.05) is 48.5 Å². The lowest BCUT2D eigenvalue weighted by Gasteiger charge is -2.14. The molecule has 22 heavy (non-hydrogen) atoms. The van der Waals surface area contributed by atoms with Gasteiger partial charge in [0.05, 0.1) is 0 Å². The molecule has 124 valence electrons. The third-order valence-corrected chi connectivity index (χ3v) is 2.33. The fourth-order valence-corrected chi connectivity index (χ4v) is 1.50. The van der Waals surface area contributed by atoms with E-state index < -0.39 is 10.4 Å². The number of ether oxygens (including phenoxy) is 1. The van der Waals surface area contributed by atoms with Gasteiger partial charge in [0.15, 0.2) is 0 Å². The summed E-state index contributed by atoms with van der Waals surface area (Å²) in [6.07, 6.45) is 0.0913. The molecule has 0 aromatic heterocycles. The van der Waals surface area contributed by atoms with Crippen LogP contribution < -0.4 is 17.0 Å². The summed E-state index contributed by atoms with van der Waals surface area (Å²) in [7, 11) is -5.17. The third kappa shape index (κ3) is 10.8. The Morgan fingerprint density at radius 1 is 0.864 bits per heavy atom. The van der Waals surface area contributed by atoms with Crippen LogP contribution in [0, 0.1) is 0 Å². The fraction of sp³-hybridized carbons (Fsp3) is 0.143. The quantitative estimate of drug-likeness (QED) is 0.650. The van der Waals surface area contributed by atoms with Crippen LogP contribution in [0.15, 0.2) is 60.7 Å². The molecule has 0 aliphatic rings. The van der Waals surface area contributed by atoms with Crippen LogP contribution in [0.2, 0.25) is 0 Å². The number of quaternary nitrogens is 2. The molecule has 2 aromatic rings. The van der Waals surface area contributed by atoms with Crippen molar-refractivity contribution >= 4 is 10.4 Å². The van der Waals surface area contributed by atoms with Crippen molar-refractivity contribution in [3.8, 4) is 5.75 Å². The van der Waals surface area contributed by atoms with Crippen molar-refractivity contribution in [3.05, 3.63) is 66.2 Å². The van der Waals surface area contributed by atoms with Crippen molar-refractivity contribution in [2.24, 2.45) is 0 Å². The molecule has 0 bridgehead atoms. The zero-order valence-electron chi connectivity index (χ0n) is 12.8. The molecule has 0 amide bonds. The van der Waals surface area contributed by atoms with Crippen LogP contribution in [-0.2, 0) is 10.4 Å². The molecule has 1 unspecified atom stereocenters. The molecule has 0 heterocycles. The Bertz CT molecular complexity index is 598. The highest BCUT2D eigenvalue weighted by atomic mass is 32.3. The Kier molecular flexibility index (Phi) is 10.9. The number of hydrogen-bond donors (Lipinski definition) is 2. The molecule has 0 aliphatic heterocycles. The molecule has 0 radical (unpaired) electrons. The second kappa shape index (κ2) is 10.7. The lowest BCUT2D eigenvalue weighted by molar-refractivity contribution is 0.227. The monoisotopic (exact) mass is 330 g/mol. The number of rotatable bonds is 3. The Morgan fingerprint density at radius 2 is 1.23 bits per heavy atom. The molecule has 0 saturated carbocycles. The number of hydrogen-bond acceptors (Lipinski definition) is 5. The van der Waals surface area contributed by atoms with Crippen molar-refractivity contribution in [2.45, 2.75) is 13.0 Å². The normalized spacial score (nSPS) is 10.9. The molecule has 1 atom stereocenters. The first-order chi connectivity index (χ1) is 9.36. The summed E-state index contributed by atoms with van der Waals surface area (Å²) in [5.74, 6) is 0.911. The Morgan fingerprint density at radius 3 is 1.64 bits per heavy atom. The maximum Gasteiger partial charge on any atom is 0.121 e. The van der Waals surface area contributed by atoms with E-state index in [4.69, 9.17) is 22.3 Å². The first kappa shape index (κ1) is 22.3. The van der Waals surface area contributed by atoms with Crippen molar-refractivity contribution in [2.75, 3.05) is 0 Å². The molecule has 7 nitrogen and oxygen atoms in total. The summed E-state index contributed by atoms with van der Waals surface area (Å²) in [4.78, 5) is 0. The molecule has 2 aromatic carbocycles. The van der Waals surface area contributed by atoms with E-state index in [0.29, 0.717) is 0 Å². The van der Waals surface area contributed by atoms with Crippen molar-refractivity contribution in [3.63, 3.8) is 0 Å².